The van der Waals surface area contributed by atoms with Crippen molar-refractivity contribution < 1.29 is 5.21 Å². The molecule has 0 bridgehead atoms. The quantitative estimate of drug-likeness (QED) is 0.351. The Labute approximate surface area is 96.3 Å². The highest BCUT2D eigenvalue weighted by Gasteiger charge is 1.95. The van der Waals surface area contributed by atoms with Crippen molar-refractivity contribution in [2.45, 2.75) is 0 Å². The van der Waals surface area contributed by atoms with Gasteiger partial charge in [0.15, 0.2) is 5.01 Å². The molecule has 2 aromatic heterocycles. The van der Waals surface area contributed by atoms with E-state index in [-0.39, 0.29) is 0 Å². The van der Waals surface area contributed by atoms with Gasteiger partial charge < -0.3 is 5.21 Å². The number of oxime groups is 1. The van der Waals surface area contributed by atoms with E-state index in [1.165, 1.54) is 17.6 Å². The predicted molar refractivity (Wildman–Crippen MR) is 61.7 cm³/mol. The maximum Gasteiger partial charge on any atom is 0.167 e. The molecule has 0 saturated heterocycles. The Morgan fingerprint density at radius 3 is 2.88 bits per heavy atom. The first-order valence-corrected chi connectivity index (χ1v) is 5.25. The first-order valence-electron chi connectivity index (χ1n) is 4.44. The zero-order chi connectivity index (χ0) is 11.2. The first kappa shape index (κ1) is 10.3. The summed E-state index contributed by atoms with van der Waals surface area (Å²) in [6, 6.07) is 3.66. The molecule has 2 rings (SSSR count). The third kappa shape index (κ3) is 2.65. The SMILES string of the molecule is O/N=C/c1cnc(C#Cc2ccncc2)s1. The molecule has 16 heavy (non-hydrogen) atoms. The number of pyridine rings is 1. The van der Waals surface area contributed by atoms with Crippen molar-refractivity contribution in [1.82, 2.24) is 9.97 Å². The molecular weight excluding hydrogens is 222 g/mol. The molecule has 0 aliphatic carbocycles. The lowest BCUT2D eigenvalue weighted by Gasteiger charge is -1.84. The van der Waals surface area contributed by atoms with E-state index in [1.54, 1.807) is 18.6 Å². The summed E-state index contributed by atoms with van der Waals surface area (Å²) in [6.45, 7) is 0. The minimum absolute atomic E-state index is 0.687. The summed E-state index contributed by atoms with van der Waals surface area (Å²) in [7, 11) is 0. The van der Waals surface area contributed by atoms with E-state index < -0.39 is 0 Å². The van der Waals surface area contributed by atoms with Crippen molar-refractivity contribution in [3.05, 3.63) is 46.2 Å². The Kier molecular flexibility index (Phi) is 3.26. The van der Waals surface area contributed by atoms with Crippen molar-refractivity contribution in [2.75, 3.05) is 0 Å². The van der Waals surface area contributed by atoms with Crippen LogP contribution in [0.25, 0.3) is 0 Å². The van der Waals surface area contributed by atoms with E-state index in [0.717, 1.165) is 10.4 Å². The Bertz CT molecular complexity index is 551. The van der Waals surface area contributed by atoms with E-state index in [4.69, 9.17) is 5.21 Å². The fraction of sp³-hybridized carbons (Fsp3) is 0. The topological polar surface area (TPSA) is 58.4 Å². The van der Waals surface area contributed by atoms with Crippen LogP contribution in [-0.4, -0.2) is 21.4 Å². The smallest absolute Gasteiger partial charge is 0.167 e. The van der Waals surface area contributed by atoms with Gasteiger partial charge in [-0.15, -0.1) is 11.3 Å². The van der Waals surface area contributed by atoms with E-state index in [9.17, 15) is 0 Å². The number of hydrogen-bond donors (Lipinski definition) is 1. The molecule has 4 nitrogen and oxygen atoms in total. The van der Waals surface area contributed by atoms with Crippen molar-refractivity contribution in [1.29, 1.82) is 0 Å². The molecule has 78 valence electrons. The minimum atomic E-state index is 0.687. The predicted octanol–water partition coefficient (Wildman–Crippen LogP) is 1.75. The second-order valence-electron chi connectivity index (χ2n) is 2.80. The average Bonchev–Trinajstić information content (AvgIpc) is 2.76. The maximum absolute atomic E-state index is 8.34. The lowest BCUT2D eigenvalue weighted by molar-refractivity contribution is 0.322. The molecule has 5 heteroatoms. The van der Waals surface area contributed by atoms with E-state index in [2.05, 4.69) is 27.0 Å². The number of thiazole rings is 1. The molecular formula is C11H7N3OS. The van der Waals surface area contributed by atoms with Crippen molar-refractivity contribution in [2.24, 2.45) is 5.16 Å². The highest BCUT2D eigenvalue weighted by Crippen LogP contribution is 2.09. The number of rotatable bonds is 1. The lowest BCUT2D eigenvalue weighted by Crippen LogP contribution is -1.74. The normalized spacial score (nSPS) is 10.0. The van der Waals surface area contributed by atoms with Gasteiger partial charge in [0, 0.05) is 24.2 Å². The van der Waals surface area contributed by atoms with E-state index in [1.807, 2.05) is 12.1 Å². The molecule has 0 aliphatic heterocycles. The Balaban J connectivity index is 2.18. The van der Waals surface area contributed by atoms with Gasteiger partial charge in [0.05, 0.1) is 11.1 Å². The summed E-state index contributed by atoms with van der Waals surface area (Å²) >= 11 is 1.37. The fourth-order valence-corrected chi connectivity index (χ4v) is 1.66. The van der Waals surface area contributed by atoms with E-state index >= 15 is 0 Å². The summed E-state index contributed by atoms with van der Waals surface area (Å²) in [5, 5.41) is 12.0. The van der Waals surface area contributed by atoms with Gasteiger partial charge in [-0.1, -0.05) is 11.1 Å². The van der Waals surface area contributed by atoms with Crippen LogP contribution in [0, 0.1) is 11.8 Å². The van der Waals surface area contributed by atoms with Crippen LogP contribution in [0.5, 0.6) is 0 Å². The van der Waals surface area contributed by atoms with Gasteiger partial charge in [-0.05, 0) is 18.1 Å². The van der Waals surface area contributed by atoms with Crippen LogP contribution in [-0.2, 0) is 0 Å². The van der Waals surface area contributed by atoms with Gasteiger partial charge in [-0.25, -0.2) is 4.98 Å². The molecule has 2 aromatic rings. The average molecular weight is 229 g/mol. The summed E-state index contributed by atoms with van der Waals surface area (Å²) in [4.78, 5) is 8.74. The molecule has 0 aromatic carbocycles. The second-order valence-corrected chi connectivity index (χ2v) is 3.86. The van der Waals surface area contributed by atoms with Gasteiger partial charge >= 0.3 is 0 Å². The van der Waals surface area contributed by atoms with Crippen LogP contribution < -0.4 is 0 Å². The van der Waals surface area contributed by atoms with Crippen LogP contribution in [0.1, 0.15) is 15.4 Å². The molecule has 0 saturated carbocycles. The van der Waals surface area contributed by atoms with Gasteiger partial charge in [0.1, 0.15) is 0 Å². The zero-order valence-electron chi connectivity index (χ0n) is 8.16. The highest BCUT2D eigenvalue weighted by molar-refractivity contribution is 7.13. The molecule has 2 heterocycles. The second kappa shape index (κ2) is 5.05. The van der Waals surface area contributed by atoms with Crippen molar-refractivity contribution in [3.8, 4) is 11.8 Å². The summed E-state index contributed by atoms with van der Waals surface area (Å²) < 4.78 is 0. The first-order chi connectivity index (χ1) is 7.88. The maximum atomic E-state index is 8.34. The lowest BCUT2D eigenvalue weighted by atomic mass is 10.3. The van der Waals surface area contributed by atoms with Crippen molar-refractivity contribution in [3.63, 3.8) is 0 Å². The Hall–Kier alpha value is -2.19. The summed E-state index contributed by atoms with van der Waals surface area (Å²) in [5.74, 6) is 5.89. The monoisotopic (exact) mass is 229 g/mol. The van der Waals surface area contributed by atoms with Gasteiger partial charge in [-0.3, -0.25) is 4.98 Å². The summed E-state index contributed by atoms with van der Waals surface area (Å²) in [5.41, 5.74) is 0.891. The third-order valence-corrected chi connectivity index (χ3v) is 2.55. The van der Waals surface area contributed by atoms with Gasteiger partial charge in [-0.2, -0.15) is 0 Å². The Morgan fingerprint density at radius 1 is 1.31 bits per heavy atom. The van der Waals surface area contributed by atoms with Crippen LogP contribution in [0.2, 0.25) is 0 Å². The molecule has 0 fully saturated rings. The number of aromatic nitrogens is 2. The standard InChI is InChI=1S/C11H7N3OS/c15-14-8-10-7-13-11(16-10)2-1-9-3-5-12-6-4-9/h3-8,15H/b14-8+. The highest BCUT2D eigenvalue weighted by atomic mass is 32.1. The molecule has 0 unspecified atom stereocenters. The van der Waals surface area contributed by atoms with E-state index in [0.29, 0.717) is 5.01 Å². The van der Waals surface area contributed by atoms with Crippen LogP contribution in [0.3, 0.4) is 0 Å². The minimum Gasteiger partial charge on any atom is -0.411 e. The molecule has 0 radical (unpaired) electrons. The number of nitrogens with zero attached hydrogens (tertiary/aromatic N) is 3. The zero-order valence-corrected chi connectivity index (χ0v) is 8.98. The van der Waals surface area contributed by atoms with Gasteiger partial charge in [0.25, 0.3) is 0 Å². The Morgan fingerprint density at radius 2 is 2.12 bits per heavy atom. The fourth-order valence-electron chi connectivity index (χ4n) is 1.02. The largest absolute Gasteiger partial charge is 0.411 e. The third-order valence-electron chi connectivity index (χ3n) is 1.70. The van der Waals surface area contributed by atoms with Crippen LogP contribution >= 0.6 is 11.3 Å². The molecule has 1 N–H and O–H groups in total. The van der Waals surface area contributed by atoms with Crippen LogP contribution in [0.4, 0.5) is 0 Å². The molecule has 0 aliphatic rings. The molecule has 0 spiro atoms. The van der Waals surface area contributed by atoms with Gasteiger partial charge in [0.2, 0.25) is 0 Å². The summed E-state index contributed by atoms with van der Waals surface area (Å²) in [6.07, 6.45) is 6.32. The van der Waals surface area contributed by atoms with Crippen molar-refractivity contribution >= 4 is 17.6 Å². The number of hydrogen-bond acceptors (Lipinski definition) is 5. The van der Waals surface area contributed by atoms with Crippen LogP contribution in [0.15, 0.2) is 35.9 Å². The molecule has 0 atom stereocenters. The molecule has 0 amide bonds.